The lowest BCUT2D eigenvalue weighted by Crippen LogP contribution is -2.58. The number of hydrogen-bond acceptors (Lipinski definition) is 7. The molecule has 0 radical (unpaired) electrons. The molecule has 0 aliphatic carbocycles. The lowest BCUT2D eigenvalue weighted by atomic mass is 9.79. The molecule has 8 heteroatoms. The van der Waals surface area contributed by atoms with Crippen LogP contribution in [0, 0.1) is 6.92 Å². The summed E-state index contributed by atoms with van der Waals surface area (Å²) in [5.74, 6) is 0. The average Bonchev–Trinajstić information content (AvgIpc) is 3.44. The van der Waals surface area contributed by atoms with E-state index in [1.54, 1.807) is 12.1 Å². The van der Waals surface area contributed by atoms with Crippen molar-refractivity contribution in [2.24, 2.45) is 0 Å². The van der Waals surface area contributed by atoms with Crippen molar-refractivity contribution in [1.29, 1.82) is 0 Å². The molecule has 0 amide bonds. The van der Waals surface area contributed by atoms with E-state index in [1.807, 2.05) is 97.9 Å². The fraction of sp³-hybridized carbons (Fsp3) is 0.250. The van der Waals surface area contributed by atoms with Crippen LogP contribution in [0.25, 0.3) is 0 Å². The van der Waals surface area contributed by atoms with Crippen molar-refractivity contribution >= 4 is 10.1 Å². The number of hydrogen-bond donors (Lipinski definition) is 1. The molecule has 206 valence electrons. The summed E-state index contributed by atoms with van der Waals surface area (Å²) in [6.45, 7) is 1.98. The number of aliphatic hydroxyl groups excluding tert-OH is 1. The third-order valence-corrected chi connectivity index (χ3v) is 8.77. The van der Waals surface area contributed by atoms with E-state index in [-0.39, 0.29) is 11.5 Å². The van der Waals surface area contributed by atoms with Gasteiger partial charge in [0, 0.05) is 0 Å². The molecule has 2 aliphatic heterocycles. The maximum atomic E-state index is 13.2. The molecule has 4 aromatic rings. The zero-order valence-corrected chi connectivity index (χ0v) is 22.7. The lowest BCUT2D eigenvalue weighted by Gasteiger charge is -2.44. The third-order valence-electron chi connectivity index (χ3n) is 7.44. The van der Waals surface area contributed by atoms with Crippen molar-refractivity contribution < 1.29 is 31.9 Å². The Hall–Kier alpha value is -3.37. The molecule has 6 rings (SSSR count). The molecule has 7 nitrogen and oxygen atoms in total. The number of benzene rings is 4. The SMILES string of the molecule is Cc1ccc(S(=O)(=O)O[C@@H]2[C@@H]3OC[C@@H](O3)[C@@H](OC(c3ccccc3)(c3ccccc3)c3ccccc3)[C@@H]2O)cc1. The minimum atomic E-state index is -4.23. The first-order valence-corrected chi connectivity index (χ1v) is 14.6. The zero-order valence-electron chi connectivity index (χ0n) is 21.9. The van der Waals surface area contributed by atoms with Crippen LogP contribution in [0.3, 0.4) is 0 Å². The Balaban J connectivity index is 1.42. The highest BCUT2D eigenvalue weighted by atomic mass is 32.2. The highest BCUT2D eigenvalue weighted by molar-refractivity contribution is 7.86. The third kappa shape index (κ3) is 4.88. The molecule has 0 unspecified atom stereocenters. The molecule has 2 fully saturated rings. The van der Waals surface area contributed by atoms with E-state index in [4.69, 9.17) is 18.4 Å². The first-order valence-electron chi connectivity index (χ1n) is 13.2. The van der Waals surface area contributed by atoms with Gasteiger partial charge in [-0.25, -0.2) is 0 Å². The Bertz CT molecular complexity index is 1430. The standard InChI is InChI=1S/C32H30O7S/c1-22-17-19-26(20-18-22)40(34,35)39-30-28(33)29(27-21-36-31(30)37-27)38-32(23-11-5-2-6-12-23,24-13-7-3-8-14-24)25-15-9-4-10-16-25/h2-20,27-31,33H,21H2,1H3/t27-,28+,29-,30+,31-/m1/s1. The summed E-state index contributed by atoms with van der Waals surface area (Å²) in [6.07, 6.45) is -5.40. The van der Waals surface area contributed by atoms with Crippen molar-refractivity contribution in [2.75, 3.05) is 6.61 Å². The van der Waals surface area contributed by atoms with Gasteiger partial charge in [-0.05, 0) is 35.7 Å². The first kappa shape index (κ1) is 26.8. The van der Waals surface area contributed by atoms with Crippen molar-refractivity contribution in [3.8, 4) is 0 Å². The second-order valence-electron chi connectivity index (χ2n) is 10.1. The first-order chi connectivity index (χ1) is 19.4. The molecule has 0 spiro atoms. The maximum Gasteiger partial charge on any atom is 0.297 e. The molecule has 2 heterocycles. The summed E-state index contributed by atoms with van der Waals surface area (Å²) in [5.41, 5.74) is 2.27. The molecule has 0 saturated carbocycles. The average molecular weight is 559 g/mol. The Morgan fingerprint density at radius 1 is 0.750 bits per heavy atom. The Labute approximate surface area is 234 Å². The van der Waals surface area contributed by atoms with Crippen LogP contribution in [-0.4, -0.2) is 50.8 Å². The molecule has 2 bridgehead atoms. The molecule has 40 heavy (non-hydrogen) atoms. The van der Waals surface area contributed by atoms with Gasteiger partial charge in [0.25, 0.3) is 10.1 Å². The van der Waals surface area contributed by atoms with E-state index in [1.165, 1.54) is 12.1 Å². The summed E-state index contributed by atoms with van der Waals surface area (Å²) in [4.78, 5) is -0.0184. The number of aryl methyl sites for hydroxylation is 1. The van der Waals surface area contributed by atoms with E-state index in [0.29, 0.717) is 0 Å². The fourth-order valence-corrected chi connectivity index (χ4v) is 6.51. The number of fused-ring (bicyclic) bond motifs is 2. The monoisotopic (exact) mass is 558 g/mol. The predicted octanol–water partition coefficient (Wildman–Crippen LogP) is 4.56. The van der Waals surface area contributed by atoms with Gasteiger partial charge in [0.2, 0.25) is 0 Å². The van der Waals surface area contributed by atoms with E-state index >= 15 is 0 Å². The van der Waals surface area contributed by atoms with Crippen LogP contribution < -0.4 is 0 Å². The number of aliphatic hydroxyl groups is 1. The summed E-state index contributed by atoms with van der Waals surface area (Å²) < 4.78 is 50.8. The van der Waals surface area contributed by atoms with Crippen LogP contribution in [0.4, 0.5) is 0 Å². The van der Waals surface area contributed by atoms with Gasteiger partial charge in [-0.15, -0.1) is 0 Å². The fourth-order valence-electron chi connectivity index (χ4n) is 5.43. The van der Waals surface area contributed by atoms with Gasteiger partial charge in [-0.3, -0.25) is 4.18 Å². The van der Waals surface area contributed by atoms with E-state index in [0.717, 1.165) is 22.3 Å². The summed E-state index contributed by atoms with van der Waals surface area (Å²) in [5, 5.41) is 11.7. The Kier molecular flexibility index (Phi) is 7.31. The second-order valence-corrected chi connectivity index (χ2v) is 11.6. The van der Waals surface area contributed by atoms with Gasteiger partial charge < -0.3 is 19.3 Å². The van der Waals surface area contributed by atoms with E-state index in [2.05, 4.69) is 0 Å². The minimum Gasteiger partial charge on any atom is -0.387 e. The summed E-state index contributed by atoms with van der Waals surface area (Å²) >= 11 is 0. The van der Waals surface area contributed by atoms with Gasteiger partial charge in [0.05, 0.1) is 11.5 Å². The predicted molar refractivity (Wildman–Crippen MR) is 148 cm³/mol. The molecular formula is C32H30O7S. The zero-order chi connectivity index (χ0) is 27.7. The molecule has 5 atom stereocenters. The molecular weight excluding hydrogens is 528 g/mol. The van der Waals surface area contributed by atoms with Crippen LogP contribution in [0.1, 0.15) is 22.3 Å². The van der Waals surface area contributed by atoms with Crippen molar-refractivity contribution in [3.05, 3.63) is 138 Å². The van der Waals surface area contributed by atoms with Crippen LogP contribution in [-0.2, 0) is 34.1 Å². The minimum absolute atomic E-state index is 0.0184. The maximum absolute atomic E-state index is 13.2. The van der Waals surface area contributed by atoms with Gasteiger partial charge in [0.1, 0.15) is 23.9 Å². The van der Waals surface area contributed by atoms with Crippen LogP contribution in [0.2, 0.25) is 0 Å². The second kappa shape index (κ2) is 10.9. The molecule has 0 aromatic heterocycles. The normalized spacial score (nSPS) is 24.6. The molecule has 4 aromatic carbocycles. The van der Waals surface area contributed by atoms with Gasteiger partial charge >= 0.3 is 0 Å². The number of rotatable bonds is 8. The highest BCUT2D eigenvalue weighted by Gasteiger charge is 2.56. The molecule has 2 aliphatic rings. The summed E-state index contributed by atoms with van der Waals surface area (Å²) in [6, 6.07) is 35.5. The quantitative estimate of drug-likeness (QED) is 0.250. The Morgan fingerprint density at radius 3 is 1.75 bits per heavy atom. The van der Waals surface area contributed by atoms with Crippen molar-refractivity contribution in [3.63, 3.8) is 0 Å². The van der Waals surface area contributed by atoms with Crippen molar-refractivity contribution in [2.45, 2.75) is 48.1 Å². The van der Waals surface area contributed by atoms with Gasteiger partial charge in [-0.1, -0.05) is 109 Å². The number of ether oxygens (including phenoxy) is 3. The van der Waals surface area contributed by atoms with Crippen LogP contribution >= 0.6 is 0 Å². The van der Waals surface area contributed by atoms with Crippen molar-refractivity contribution in [1.82, 2.24) is 0 Å². The van der Waals surface area contributed by atoms with E-state index in [9.17, 15) is 13.5 Å². The Morgan fingerprint density at radius 2 is 1.25 bits per heavy atom. The van der Waals surface area contributed by atoms with Crippen LogP contribution in [0.15, 0.2) is 120 Å². The van der Waals surface area contributed by atoms with Gasteiger partial charge in [0.15, 0.2) is 12.4 Å². The smallest absolute Gasteiger partial charge is 0.297 e. The molecule has 2 saturated heterocycles. The topological polar surface area (TPSA) is 91.3 Å². The largest absolute Gasteiger partial charge is 0.387 e. The molecule has 1 N–H and O–H groups in total. The lowest BCUT2D eigenvalue weighted by molar-refractivity contribution is -0.246. The van der Waals surface area contributed by atoms with Gasteiger partial charge in [-0.2, -0.15) is 8.42 Å². The van der Waals surface area contributed by atoms with Crippen LogP contribution in [0.5, 0.6) is 0 Å². The summed E-state index contributed by atoms with van der Waals surface area (Å²) in [7, 11) is -4.23. The highest BCUT2D eigenvalue weighted by Crippen LogP contribution is 2.45. The van der Waals surface area contributed by atoms with E-state index < -0.39 is 46.4 Å².